The van der Waals surface area contributed by atoms with Gasteiger partial charge in [-0.05, 0) is 64.3 Å². The number of allylic oxidation sites excluding steroid dienone is 4. The number of aliphatic imine (C=N–C) groups is 1. The number of nitrogens with zero attached hydrogens (tertiary/aromatic N) is 5. The van der Waals surface area contributed by atoms with Crippen LogP contribution in [0, 0.1) is 12.8 Å². The molecule has 0 radical (unpaired) electrons. The Hall–Kier alpha value is -2.70. The van der Waals surface area contributed by atoms with E-state index in [4.69, 9.17) is 16.6 Å². The molecule has 3 aliphatic heterocycles. The Bertz CT molecular complexity index is 1250. The highest BCUT2D eigenvalue weighted by atomic mass is 35.5. The first-order valence-corrected chi connectivity index (χ1v) is 13.1. The Morgan fingerprint density at radius 2 is 2.11 bits per heavy atom. The lowest BCUT2D eigenvalue weighted by atomic mass is 9.94. The molecular weight excluding hydrogens is 458 g/mol. The summed E-state index contributed by atoms with van der Waals surface area (Å²) >= 11 is 6.54. The van der Waals surface area contributed by atoms with Crippen molar-refractivity contribution in [2.45, 2.75) is 52.5 Å². The molecule has 0 aromatic carbocycles. The van der Waals surface area contributed by atoms with Crippen LogP contribution < -0.4 is 0 Å². The summed E-state index contributed by atoms with van der Waals surface area (Å²) in [5.74, 6) is 0.0537. The Kier molecular flexibility index (Phi) is 6.94. The lowest BCUT2D eigenvalue weighted by Crippen LogP contribution is -2.49. The molecule has 2 aromatic rings. The summed E-state index contributed by atoms with van der Waals surface area (Å²) in [7, 11) is 0. The number of hydrogen-bond donors (Lipinski definition) is 0. The smallest absolute Gasteiger partial charge is 0.161 e. The molecule has 2 fully saturated rings. The molecule has 0 spiro atoms. The number of fused-ring (bicyclic) bond motifs is 2. The average Bonchev–Trinajstić information content (AvgIpc) is 3.43. The van der Waals surface area contributed by atoms with Crippen molar-refractivity contribution in [3.05, 3.63) is 64.7 Å². The first-order valence-electron chi connectivity index (χ1n) is 12.8. The monoisotopic (exact) mass is 491 g/mol. The van der Waals surface area contributed by atoms with Crippen LogP contribution in [0.2, 0.25) is 5.02 Å². The van der Waals surface area contributed by atoms with Crippen LogP contribution in [0.3, 0.4) is 0 Å². The van der Waals surface area contributed by atoms with E-state index in [2.05, 4.69) is 46.9 Å². The van der Waals surface area contributed by atoms with E-state index < -0.39 is 0 Å². The molecule has 0 amide bonds. The lowest BCUT2D eigenvalue weighted by Gasteiger charge is -2.39. The number of halogens is 1. The van der Waals surface area contributed by atoms with Crippen molar-refractivity contribution >= 4 is 34.4 Å². The summed E-state index contributed by atoms with van der Waals surface area (Å²) in [6, 6.07) is 2.53. The highest BCUT2D eigenvalue weighted by molar-refractivity contribution is 6.33. The van der Waals surface area contributed by atoms with Gasteiger partial charge in [0.1, 0.15) is 0 Å². The van der Waals surface area contributed by atoms with Crippen molar-refractivity contribution in [1.29, 1.82) is 0 Å². The fourth-order valence-electron chi connectivity index (χ4n) is 5.55. The third-order valence-corrected chi connectivity index (χ3v) is 7.79. The molecule has 2 aromatic heterocycles. The van der Waals surface area contributed by atoms with Crippen LogP contribution in [-0.2, 0) is 4.79 Å². The van der Waals surface area contributed by atoms with Crippen LogP contribution in [0.25, 0.3) is 11.3 Å². The summed E-state index contributed by atoms with van der Waals surface area (Å²) in [6.45, 7) is 10.6. The third-order valence-electron chi connectivity index (χ3n) is 7.51. The summed E-state index contributed by atoms with van der Waals surface area (Å²) in [4.78, 5) is 27.6. The van der Waals surface area contributed by atoms with Crippen molar-refractivity contribution in [1.82, 2.24) is 19.2 Å². The van der Waals surface area contributed by atoms with Gasteiger partial charge in [-0.1, -0.05) is 24.6 Å². The fourth-order valence-corrected chi connectivity index (χ4v) is 5.81. The van der Waals surface area contributed by atoms with E-state index >= 15 is 0 Å². The zero-order valence-corrected chi connectivity index (χ0v) is 21.6. The Morgan fingerprint density at radius 1 is 1.26 bits per heavy atom. The van der Waals surface area contributed by atoms with Gasteiger partial charge >= 0.3 is 0 Å². The number of pyridine rings is 1. The molecule has 2 saturated heterocycles. The van der Waals surface area contributed by atoms with Gasteiger partial charge in [-0.3, -0.25) is 14.7 Å². The molecule has 0 N–H and O–H groups in total. The van der Waals surface area contributed by atoms with E-state index in [1.807, 2.05) is 29.8 Å². The molecule has 3 aliphatic rings. The van der Waals surface area contributed by atoms with E-state index in [1.54, 1.807) is 6.08 Å². The van der Waals surface area contributed by atoms with E-state index in [0.717, 1.165) is 43.0 Å². The molecule has 5 rings (SSSR count). The molecule has 0 saturated carbocycles. The van der Waals surface area contributed by atoms with Gasteiger partial charge in [0.25, 0.3) is 0 Å². The van der Waals surface area contributed by atoms with Gasteiger partial charge in [0, 0.05) is 67.0 Å². The fraction of sp³-hybridized carbons (Fsp3) is 0.464. The van der Waals surface area contributed by atoms with Gasteiger partial charge in [0.2, 0.25) is 0 Å². The number of rotatable bonds is 5. The summed E-state index contributed by atoms with van der Waals surface area (Å²) < 4.78 is 1.91. The summed E-state index contributed by atoms with van der Waals surface area (Å²) in [5.41, 5.74) is 5.23. The number of aryl methyl sites for hydroxylation is 1. The molecule has 5 heterocycles. The normalized spacial score (nSPS) is 24.2. The van der Waals surface area contributed by atoms with Crippen molar-refractivity contribution in [3.63, 3.8) is 0 Å². The molecule has 7 heteroatoms. The van der Waals surface area contributed by atoms with E-state index in [1.165, 1.54) is 25.1 Å². The topological polar surface area (TPSA) is 53.2 Å². The van der Waals surface area contributed by atoms with Crippen LogP contribution in [0.4, 0.5) is 0 Å². The predicted octanol–water partition coefficient (Wildman–Crippen LogP) is 5.32. The molecule has 6 nitrogen and oxygen atoms in total. The van der Waals surface area contributed by atoms with Crippen molar-refractivity contribution < 1.29 is 4.79 Å². The average molecular weight is 492 g/mol. The van der Waals surface area contributed by atoms with Gasteiger partial charge in [-0.2, -0.15) is 0 Å². The second kappa shape index (κ2) is 10.1. The molecule has 0 bridgehead atoms. The molecule has 0 aliphatic carbocycles. The van der Waals surface area contributed by atoms with Gasteiger partial charge in [-0.25, -0.2) is 4.98 Å². The second-order valence-electron chi connectivity index (χ2n) is 9.86. The van der Waals surface area contributed by atoms with E-state index in [-0.39, 0.29) is 11.7 Å². The van der Waals surface area contributed by atoms with Gasteiger partial charge in [0.15, 0.2) is 11.4 Å². The summed E-state index contributed by atoms with van der Waals surface area (Å²) in [5, 5.41) is 0.551. The van der Waals surface area contributed by atoms with E-state index in [0.29, 0.717) is 28.8 Å². The molecule has 2 unspecified atom stereocenters. The minimum atomic E-state index is -0.0679. The Morgan fingerprint density at radius 3 is 2.91 bits per heavy atom. The SMILES string of the molecule is CC=C(C=CC1=NC(c2cc(Cl)c3nc(C)cn3c2)=CC(=O)C(CC)C1)N1CCN2CCCC2C1. The molecule has 35 heavy (non-hydrogen) atoms. The third kappa shape index (κ3) is 5.00. The van der Waals surface area contributed by atoms with Crippen molar-refractivity contribution in [2.75, 3.05) is 26.2 Å². The van der Waals surface area contributed by atoms with Gasteiger partial charge in [0.05, 0.1) is 16.4 Å². The number of imidazole rings is 1. The van der Waals surface area contributed by atoms with Crippen LogP contribution in [0.5, 0.6) is 0 Å². The highest BCUT2D eigenvalue weighted by Gasteiger charge is 2.30. The minimum Gasteiger partial charge on any atom is -0.369 e. The molecule has 184 valence electrons. The zero-order valence-electron chi connectivity index (χ0n) is 20.9. The number of piperazine rings is 1. The van der Waals surface area contributed by atoms with Gasteiger partial charge < -0.3 is 9.30 Å². The van der Waals surface area contributed by atoms with E-state index in [9.17, 15) is 4.79 Å². The summed E-state index contributed by atoms with van der Waals surface area (Å²) in [6.07, 6.45) is 16.1. The molecular formula is C28H34ClN5O. The standard InChI is InChI=1S/C28H34ClN5O/c1-4-20-13-22(8-9-23(5-2)33-12-11-32-10-6-7-24(32)18-33)31-26(15-27(20)35)21-14-25(29)28-30-19(3)16-34(28)17-21/h5,8-9,14-17,20,24H,4,6-7,10-13,18H2,1-3H3. The first-order chi connectivity index (χ1) is 16.9. The van der Waals surface area contributed by atoms with Crippen LogP contribution >= 0.6 is 11.6 Å². The number of carbonyl (C=O) groups excluding carboxylic acids is 1. The number of ketones is 1. The number of carbonyl (C=O) groups is 1. The van der Waals surface area contributed by atoms with Crippen LogP contribution in [-0.4, -0.2) is 62.9 Å². The maximum absolute atomic E-state index is 13.0. The maximum Gasteiger partial charge on any atom is 0.161 e. The zero-order chi connectivity index (χ0) is 24.5. The molecule has 2 atom stereocenters. The number of hydrogen-bond acceptors (Lipinski definition) is 5. The van der Waals surface area contributed by atoms with Crippen LogP contribution in [0.15, 0.2) is 53.5 Å². The Balaban J connectivity index is 1.44. The van der Waals surface area contributed by atoms with Crippen LogP contribution in [0.1, 0.15) is 50.8 Å². The first kappa shape index (κ1) is 24.0. The Labute approximate surface area is 212 Å². The minimum absolute atomic E-state index is 0.0679. The second-order valence-corrected chi connectivity index (χ2v) is 10.3. The largest absolute Gasteiger partial charge is 0.369 e. The highest BCUT2D eigenvalue weighted by Crippen LogP contribution is 2.29. The van der Waals surface area contributed by atoms with Crippen molar-refractivity contribution in [3.8, 4) is 0 Å². The quantitative estimate of drug-likeness (QED) is 0.531. The lowest BCUT2D eigenvalue weighted by molar-refractivity contribution is -0.118. The predicted molar refractivity (Wildman–Crippen MR) is 143 cm³/mol. The van der Waals surface area contributed by atoms with Crippen molar-refractivity contribution in [2.24, 2.45) is 10.9 Å². The number of aromatic nitrogens is 2. The maximum atomic E-state index is 13.0. The van der Waals surface area contributed by atoms with Gasteiger partial charge in [-0.15, -0.1) is 0 Å².